The Kier molecular flexibility index (Phi) is 4.53. The monoisotopic (exact) mass is 416 g/mol. The van der Waals surface area contributed by atoms with Crippen LogP contribution in [0.4, 0.5) is 8.78 Å². The number of alkyl halides is 1. The van der Waals surface area contributed by atoms with E-state index in [-0.39, 0.29) is 30.1 Å². The van der Waals surface area contributed by atoms with Crippen molar-refractivity contribution in [2.24, 2.45) is 0 Å². The van der Waals surface area contributed by atoms with Gasteiger partial charge in [-0.05, 0) is 30.5 Å². The predicted octanol–water partition coefficient (Wildman–Crippen LogP) is 1.05. The summed E-state index contributed by atoms with van der Waals surface area (Å²) >= 11 is 0. The van der Waals surface area contributed by atoms with Gasteiger partial charge in [0.1, 0.15) is 5.82 Å². The standard InChI is InChI=1S/C20H22F2N6O2/c21-14-3-1-13(2-4-14)11-23-18(29)17-25-24-16-15-12-27(19(30)20(22)5-6-20)8-7-26(15)9-10-28(16)17/h1-4,15H,5-12H2,(H,23,29)/t15-/m1/s1. The highest BCUT2D eigenvalue weighted by Crippen LogP contribution is 2.42. The number of fused-ring (bicyclic) bond motifs is 3. The van der Waals surface area contributed by atoms with E-state index in [1.54, 1.807) is 21.6 Å². The van der Waals surface area contributed by atoms with Crippen molar-refractivity contribution in [3.8, 4) is 0 Å². The first-order chi connectivity index (χ1) is 14.4. The first-order valence-electron chi connectivity index (χ1n) is 10.1. The van der Waals surface area contributed by atoms with E-state index in [1.807, 2.05) is 0 Å². The largest absolute Gasteiger partial charge is 0.345 e. The zero-order valence-corrected chi connectivity index (χ0v) is 16.4. The summed E-state index contributed by atoms with van der Waals surface area (Å²) in [6.07, 6.45) is 0.594. The highest BCUT2D eigenvalue weighted by atomic mass is 19.1. The lowest BCUT2D eigenvalue weighted by Gasteiger charge is -2.43. The van der Waals surface area contributed by atoms with Gasteiger partial charge in [-0.2, -0.15) is 0 Å². The molecule has 1 atom stereocenters. The van der Waals surface area contributed by atoms with E-state index >= 15 is 0 Å². The number of halogens is 2. The summed E-state index contributed by atoms with van der Waals surface area (Å²) < 4.78 is 29.0. The molecule has 10 heteroatoms. The number of benzene rings is 1. The van der Waals surface area contributed by atoms with Gasteiger partial charge in [-0.1, -0.05) is 12.1 Å². The third kappa shape index (κ3) is 3.34. The van der Waals surface area contributed by atoms with E-state index in [2.05, 4.69) is 20.4 Å². The number of nitrogens with one attached hydrogen (secondary N) is 1. The molecule has 3 aliphatic rings. The van der Waals surface area contributed by atoms with Gasteiger partial charge >= 0.3 is 0 Å². The Bertz CT molecular complexity index is 988. The molecule has 1 N–H and O–H groups in total. The van der Waals surface area contributed by atoms with Crippen molar-refractivity contribution in [3.63, 3.8) is 0 Å². The Morgan fingerprint density at radius 2 is 1.83 bits per heavy atom. The average Bonchev–Trinajstić information content (AvgIpc) is 3.36. The van der Waals surface area contributed by atoms with Crippen molar-refractivity contribution in [2.45, 2.75) is 37.6 Å². The van der Waals surface area contributed by atoms with Gasteiger partial charge in [0.2, 0.25) is 5.82 Å². The lowest BCUT2D eigenvalue weighted by molar-refractivity contribution is -0.141. The van der Waals surface area contributed by atoms with Crippen LogP contribution in [0, 0.1) is 5.82 Å². The topological polar surface area (TPSA) is 83.4 Å². The Hall–Kier alpha value is -2.88. The van der Waals surface area contributed by atoms with Crippen molar-refractivity contribution in [2.75, 3.05) is 26.2 Å². The highest BCUT2D eigenvalue weighted by molar-refractivity contribution is 5.90. The molecule has 2 aromatic rings. The van der Waals surface area contributed by atoms with Crippen molar-refractivity contribution >= 4 is 11.8 Å². The molecule has 8 nitrogen and oxygen atoms in total. The zero-order chi connectivity index (χ0) is 20.9. The molecule has 0 spiro atoms. The Morgan fingerprint density at radius 1 is 1.10 bits per heavy atom. The maximum absolute atomic E-state index is 14.2. The van der Waals surface area contributed by atoms with Crippen LogP contribution in [-0.2, 0) is 17.9 Å². The molecule has 0 unspecified atom stereocenters. The fourth-order valence-corrected chi connectivity index (χ4v) is 4.17. The van der Waals surface area contributed by atoms with Gasteiger partial charge < -0.3 is 14.8 Å². The summed E-state index contributed by atoms with van der Waals surface area (Å²) in [6.45, 7) is 3.01. The zero-order valence-electron chi connectivity index (χ0n) is 16.4. The van der Waals surface area contributed by atoms with E-state index in [1.165, 1.54) is 12.1 Å². The SMILES string of the molecule is O=C(NCc1ccc(F)cc1)c1nnc2n1CCN1CCN(C(=O)C3(F)CC3)C[C@H]21. The van der Waals surface area contributed by atoms with Crippen molar-refractivity contribution in [1.29, 1.82) is 0 Å². The summed E-state index contributed by atoms with van der Waals surface area (Å²) in [4.78, 5) is 28.9. The van der Waals surface area contributed by atoms with E-state index in [0.29, 0.717) is 51.4 Å². The fourth-order valence-electron chi connectivity index (χ4n) is 4.17. The fraction of sp³-hybridized carbons (Fsp3) is 0.500. The quantitative estimate of drug-likeness (QED) is 0.806. The number of amides is 2. The number of hydrogen-bond acceptors (Lipinski definition) is 5. The van der Waals surface area contributed by atoms with Crippen LogP contribution in [0.1, 0.15) is 40.9 Å². The number of carbonyl (C=O) groups excluding carboxylic acids is 2. The second kappa shape index (κ2) is 7.12. The summed E-state index contributed by atoms with van der Waals surface area (Å²) in [7, 11) is 0. The van der Waals surface area contributed by atoms with E-state index < -0.39 is 11.6 Å². The molecule has 1 aromatic heterocycles. The molecule has 2 amide bonds. The third-order valence-electron chi connectivity index (χ3n) is 6.11. The minimum atomic E-state index is -1.68. The number of hydrogen-bond donors (Lipinski definition) is 1. The van der Waals surface area contributed by atoms with Gasteiger partial charge in [0.15, 0.2) is 11.5 Å². The molecule has 0 radical (unpaired) electrons. The van der Waals surface area contributed by atoms with E-state index in [0.717, 1.165) is 5.56 Å². The first kappa shape index (κ1) is 19.1. The summed E-state index contributed by atoms with van der Waals surface area (Å²) in [5.74, 6) is -0.303. The molecular weight excluding hydrogens is 394 g/mol. The third-order valence-corrected chi connectivity index (χ3v) is 6.11. The van der Waals surface area contributed by atoms with Gasteiger partial charge in [-0.25, -0.2) is 8.78 Å². The highest BCUT2D eigenvalue weighted by Gasteiger charge is 2.54. The molecule has 158 valence electrons. The normalized spacial score (nSPS) is 22.2. The van der Waals surface area contributed by atoms with Gasteiger partial charge in [0.05, 0.1) is 6.04 Å². The lowest BCUT2D eigenvalue weighted by Crippen LogP contribution is -2.55. The molecule has 1 aromatic carbocycles. The van der Waals surface area contributed by atoms with Crippen molar-refractivity contribution in [3.05, 3.63) is 47.3 Å². The molecular formula is C20H22F2N6O2. The van der Waals surface area contributed by atoms with Crippen molar-refractivity contribution in [1.82, 2.24) is 29.9 Å². The van der Waals surface area contributed by atoms with Gasteiger partial charge in [0, 0.05) is 39.3 Å². The van der Waals surface area contributed by atoms with Crippen LogP contribution >= 0.6 is 0 Å². The molecule has 2 aliphatic heterocycles. The number of aromatic nitrogens is 3. The molecule has 2 fully saturated rings. The van der Waals surface area contributed by atoms with Crippen LogP contribution in [0.5, 0.6) is 0 Å². The van der Waals surface area contributed by atoms with Crippen molar-refractivity contribution < 1.29 is 18.4 Å². The molecule has 1 aliphatic carbocycles. The number of piperazine rings is 1. The predicted molar refractivity (Wildman–Crippen MR) is 102 cm³/mol. The first-order valence-corrected chi connectivity index (χ1v) is 10.1. The number of carbonyl (C=O) groups is 2. The van der Waals surface area contributed by atoms with E-state index in [9.17, 15) is 18.4 Å². The molecule has 1 saturated carbocycles. The Morgan fingerprint density at radius 3 is 2.57 bits per heavy atom. The lowest BCUT2D eigenvalue weighted by atomic mass is 10.1. The molecule has 1 saturated heterocycles. The minimum Gasteiger partial charge on any atom is -0.345 e. The van der Waals surface area contributed by atoms with Crippen LogP contribution < -0.4 is 5.32 Å². The maximum atomic E-state index is 14.2. The molecule has 3 heterocycles. The van der Waals surface area contributed by atoms with Crippen LogP contribution in [0.2, 0.25) is 0 Å². The van der Waals surface area contributed by atoms with Gasteiger partial charge in [0.25, 0.3) is 11.8 Å². The Labute approximate surface area is 171 Å². The molecule has 0 bridgehead atoms. The van der Waals surface area contributed by atoms with Gasteiger partial charge in [-0.15, -0.1) is 10.2 Å². The number of rotatable bonds is 4. The molecule has 30 heavy (non-hydrogen) atoms. The van der Waals surface area contributed by atoms with Crippen LogP contribution in [0.3, 0.4) is 0 Å². The second-order valence-corrected chi connectivity index (χ2v) is 8.11. The number of nitrogens with zero attached hydrogens (tertiary/aromatic N) is 5. The summed E-state index contributed by atoms with van der Waals surface area (Å²) in [5.41, 5.74) is -0.911. The minimum absolute atomic E-state index is 0.204. The van der Waals surface area contributed by atoms with Gasteiger partial charge in [-0.3, -0.25) is 14.5 Å². The van der Waals surface area contributed by atoms with Crippen LogP contribution in [-0.4, -0.2) is 68.2 Å². The van der Waals surface area contributed by atoms with E-state index in [4.69, 9.17) is 0 Å². The second-order valence-electron chi connectivity index (χ2n) is 8.11. The summed E-state index contributed by atoms with van der Waals surface area (Å²) in [6, 6.07) is 5.70. The maximum Gasteiger partial charge on any atom is 0.289 e. The Balaban J connectivity index is 1.30. The molecule has 5 rings (SSSR count). The average molecular weight is 416 g/mol. The van der Waals surface area contributed by atoms with Crippen LogP contribution in [0.15, 0.2) is 24.3 Å². The summed E-state index contributed by atoms with van der Waals surface area (Å²) in [5, 5.41) is 11.1. The van der Waals surface area contributed by atoms with Crippen LogP contribution in [0.25, 0.3) is 0 Å². The smallest absolute Gasteiger partial charge is 0.289 e.